The third-order valence-electron chi connectivity index (χ3n) is 5.18. The molecule has 2 aromatic carbocycles. The summed E-state index contributed by atoms with van der Waals surface area (Å²) in [6.07, 6.45) is -4.63. The largest absolute Gasteiger partial charge is 0.416 e. The number of nitrogens with zero attached hydrogens (tertiary/aromatic N) is 1. The number of aldehydes is 1. The van der Waals surface area contributed by atoms with Gasteiger partial charge in [0.2, 0.25) is 16.3 Å². The van der Waals surface area contributed by atoms with Crippen LogP contribution in [-0.4, -0.2) is 32.3 Å². The Morgan fingerprint density at radius 2 is 1.84 bits per heavy atom. The van der Waals surface area contributed by atoms with Crippen LogP contribution in [0.1, 0.15) is 34.4 Å². The first-order valence-corrected chi connectivity index (χ1v) is 13.5. The highest BCUT2D eigenvalue weighted by Gasteiger charge is 2.30. The second-order valence-corrected chi connectivity index (χ2v) is 11.6. The van der Waals surface area contributed by atoms with Gasteiger partial charge in [0.05, 0.1) is 18.7 Å². The fourth-order valence-corrected chi connectivity index (χ4v) is 5.96. The number of alkyl halides is 3. The second kappa shape index (κ2) is 12.2. The van der Waals surface area contributed by atoms with E-state index in [0.717, 1.165) is 34.1 Å². The number of carbonyl (C=O) groups excluding carboxylic acids is 2. The summed E-state index contributed by atoms with van der Waals surface area (Å²) in [5.41, 5.74) is 0.201. The average Bonchev–Trinajstić information content (AvgIpc) is 3.32. The van der Waals surface area contributed by atoms with Crippen molar-refractivity contribution < 1.29 is 36.0 Å². The van der Waals surface area contributed by atoms with Crippen molar-refractivity contribution in [1.29, 1.82) is 0 Å². The topological polar surface area (TPSA) is 92.8 Å². The predicted molar refractivity (Wildman–Crippen MR) is 132 cm³/mol. The van der Waals surface area contributed by atoms with Crippen molar-refractivity contribution in [3.63, 3.8) is 0 Å². The number of hydrogen-bond donors (Lipinski definition) is 1. The zero-order valence-corrected chi connectivity index (χ0v) is 21.8. The lowest BCUT2D eigenvalue weighted by Crippen LogP contribution is -2.27. The van der Waals surface area contributed by atoms with Crippen molar-refractivity contribution >= 4 is 45.2 Å². The van der Waals surface area contributed by atoms with Gasteiger partial charge < -0.3 is 4.84 Å². The Hall–Kier alpha value is -2.77. The molecule has 1 aromatic heterocycles. The number of nitrogens with one attached hydrogen (secondary N) is 1. The van der Waals surface area contributed by atoms with Gasteiger partial charge in [0.25, 0.3) is 0 Å². The van der Waals surface area contributed by atoms with Crippen LogP contribution in [0, 0.1) is 0 Å². The fourth-order valence-electron chi connectivity index (χ4n) is 3.30. The molecule has 1 unspecified atom stereocenters. The van der Waals surface area contributed by atoms with Crippen molar-refractivity contribution in [3.05, 3.63) is 87.3 Å². The van der Waals surface area contributed by atoms with Crippen molar-refractivity contribution in [2.45, 2.75) is 36.3 Å². The molecule has 1 atom stereocenters. The minimum atomic E-state index is -4.56. The zero-order valence-electron chi connectivity index (χ0n) is 19.4. The molecule has 0 radical (unpaired) electrons. The molecule has 3 rings (SSSR count). The molecule has 37 heavy (non-hydrogen) atoms. The van der Waals surface area contributed by atoms with E-state index in [1.165, 1.54) is 24.3 Å². The first-order valence-electron chi connectivity index (χ1n) is 10.8. The van der Waals surface area contributed by atoms with E-state index in [2.05, 4.69) is 4.72 Å². The molecule has 1 N–H and O–H groups in total. The van der Waals surface area contributed by atoms with E-state index in [1.54, 1.807) is 12.1 Å². The van der Waals surface area contributed by atoms with Crippen molar-refractivity contribution in [2.24, 2.45) is 0 Å². The van der Waals surface area contributed by atoms with Gasteiger partial charge in [0, 0.05) is 16.4 Å². The summed E-state index contributed by atoms with van der Waals surface area (Å²) in [5.74, 6) is -1.37. The Labute approximate surface area is 220 Å². The zero-order chi connectivity index (χ0) is 27.2. The Kier molecular flexibility index (Phi) is 9.48. The molecule has 0 aliphatic rings. The van der Waals surface area contributed by atoms with E-state index < -0.39 is 27.7 Å². The molecular weight excluding hydrogens is 553 g/mol. The van der Waals surface area contributed by atoms with Gasteiger partial charge >= 0.3 is 12.1 Å². The standard InChI is InChI=1S/C24H22ClF3N2O5S2/c1-16(18-5-7-20(25)8-6-18)12-29-37(33,34)23-10-9-21(36-23)14-30(35-22(32)15-31)13-17-3-2-4-19(11-17)24(26,27)28/h2-11,15-16,29H,12-14H2,1H3. The number of thiophene rings is 1. The second-order valence-electron chi connectivity index (χ2n) is 8.05. The summed E-state index contributed by atoms with van der Waals surface area (Å²) in [7, 11) is -3.86. The van der Waals surface area contributed by atoms with Crippen molar-refractivity contribution in [2.75, 3.05) is 6.54 Å². The maximum atomic E-state index is 13.0. The summed E-state index contributed by atoms with van der Waals surface area (Å²) in [6.45, 7) is 1.58. The molecule has 0 aliphatic carbocycles. The van der Waals surface area contributed by atoms with E-state index in [4.69, 9.17) is 16.4 Å². The Bertz CT molecular complexity index is 1340. The molecule has 0 fully saturated rings. The SMILES string of the molecule is CC(CNS(=O)(=O)c1ccc(CN(Cc2cccc(C(F)(F)F)c2)OC(=O)C=O)s1)c1ccc(Cl)cc1. The maximum absolute atomic E-state index is 13.0. The van der Waals surface area contributed by atoms with Crippen LogP contribution in [0.4, 0.5) is 13.2 Å². The van der Waals surface area contributed by atoms with Crippen LogP contribution < -0.4 is 4.72 Å². The van der Waals surface area contributed by atoms with Gasteiger partial charge in [-0.3, -0.25) is 4.79 Å². The fraction of sp³-hybridized carbons (Fsp3) is 0.250. The van der Waals surface area contributed by atoms with Crippen LogP contribution in [0.2, 0.25) is 5.02 Å². The number of rotatable bonds is 11. The maximum Gasteiger partial charge on any atom is 0.416 e. The van der Waals surface area contributed by atoms with Crippen LogP contribution >= 0.6 is 22.9 Å². The lowest BCUT2D eigenvalue weighted by Gasteiger charge is -2.20. The quantitative estimate of drug-likeness (QED) is 0.193. The molecule has 0 aliphatic heterocycles. The highest BCUT2D eigenvalue weighted by atomic mass is 35.5. The third-order valence-corrected chi connectivity index (χ3v) is 8.42. The summed E-state index contributed by atoms with van der Waals surface area (Å²) < 4.78 is 67.3. The minimum absolute atomic E-state index is 0.00605. The van der Waals surface area contributed by atoms with Crippen molar-refractivity contribution in [3.8, 4) is 0 Å². The van der Waals surface area contributed by atoms with E-state index in [0.29, 0.717) is 9.90 Å². The first kappa shape index (κ1) is 28.8. The normalized spacial score (nSPS) is 12.9. The Balaban J connectivity index is 1.70. The predicted octanol–water partition coefficient (Wildman–Crippen LogP) is 5.16. The highest BCUT2D eigenvalue weighted by Crippen LogP contribution is 2.30. The number of halogens is 4. The van der Waals surface area contributed by atoms with Gasteiger partial charge in [-0.05, 0) is 47.4 Å². The lowest BCUT2D eigenvalue weighted by molar-refractivity contribution is -0.194. The minimum Gasteiger partial charge on any atom is -0.361 e. The lowest BCUT2D eigenvalue weighted by atomic mass is 10.0. The summed E-state index contributed by atoms with van der Waals surface area (Å²) in [5, 5.41) is 1.56. The van der Waals surface area contributed by atoms with E-state index in [-0.39, 0.29) is 41.6 Å². The molecule has 0 bridgehead atoms. The first-order chi connectivity index (χ1) is 17.4. The Morgan fingerprint density at radius 1 is 1.14 bits per heavy atom. The molecule has 3 aromatic rings. The molecule has 198 valence electrons. The smallest absolute Gasteiger partial charge is 0.361 e. The van der Waals surface area contributed by atoms with Crippen LogP contribution in [0.3, 0.4) is 0 Å². The Morgan fingerprint density at radius 3 is 2.49 bits per heavy atom. The average molecular weight is 575 g/mol. The molecule has 0 saturated heterocycles. The van der Waals surface area contributed by atoms with Crippen LogP contribution in [0.25, 0.3) is 0 Å². The van der Waals surface area contributed by atoms with Gasteiger partial charge in [0.1, 0.15) is 4.21 Å². The number of hydrogen-bond acceptors (Lipinski definition) is 7. The van der Waals surface area contributed by atoms with Gasteiger partial charge in [-0.2, -0.15) is 13.2 Å². The van der Waals surface area contributed by atoms with E-state index >= 15 is 0 Å². The molecule has 13 heteroatoms. The molecule has 0 amide bonds. The van der Waals surface area contributed by atoms with E-state index in [9.17, 15) is 31.2 Å². The van der Waals surface area contributed by atoms with Gasteiger partial charge in [0.15, 0.2) is 0 Å². The summed E-state index contributed by atoms with van der Waals surface area (Å²) in [6, 6.07) is 14.4. The summed E-state index contributed by atoms with van der Waals surface area (Å²) in [4.78, 5) is 27.7. The van der Waals surface area contributed by atoms with Crippen LogP contribution in [0.5, 0.6) is 0 Å². The van der Waals surface area contributed by atoms with Gasteiger partial charge in [-0.25, -0.2) is 17.9 Å². The number of sulfonamides is 1. The molecular formula is C24H22ClF3N2O5S2. The highest BCUT2D eigenvalue weighted by molar-refractivity contribution is 7.91. The number of hydroxylamine groups is 2. The molecule has 7 nitrogen and oxygen atoms in total. The van der Waals surface area contributed by atoms with Gasteiger partial charge in [-0.15, -0.1) is 16.4 Å². The number of carbonyl (C=O) groups is 2. The van der Waals surface area contributed by atoms with Gasteiger partial charge in [-0.1, -0.05) is 48.9 Å². The monoisotopic (exact) mass is 574 g/mol. The molecule has 1 heterocycles. The third kappa shape index (κ3) is 8.37. The van der Waals surface area contributed by atoms with Crippen LogP contribution in [0.15, 0.2) is 64.9 Å². The summed E-state index contributed by atoms with van der Waals surface area (Å²) >= 11 is 6.79. The molecule has 0 spiro atoms. The molecule has 0 saturated carbocycles. The van der Waals surface area contributed by atoms with E-state index in [1.807, 2.05) is 19.1 Å². The number of benzene rings is 2. The van der Waals surface area contributed by atoms with Crippen molar-refractivity contribution in [1.82, 2.24) is 9.79 Å². The van der Waals surface area contributed by atoms with Crippen LogP contribution in [-0.2, 0) is 43.7 Å².